The van der Waals surface area contributed by atoms with Crippen LogP contribution in [0.4, 0.5) is 5.69 Å². The number of nitro groups is 1. The molecule has 0 saturated heterocycles. The van der Waals surface area contributed by atoms with Crippen LogP contribution in [-0.4, -0.2) is 23.0 Å². The number of thiophene rings is 1. The lowest BCUT2D eigenvalue weighted by Crippen LogP contribution is -1.95. The van der Waals surface area contributed by atoms with Crippen LogP contribution in [0.1, 0.15) is 15.2 Å². The Morgan fingerprint density at radius 1 is 1.31 bits per heavy atom. The third kappa shape index (κ3) is 3.52. The van der Waals surface area contributed by atoms with Gasteiger partial charge in [0.05, 0.1) is 23.5 Å². The summed E-state index contributed by atoms with van der Waals surface area (Å²) in [7, 11) is 1.29. The fraction of sp³-hybridized carbons (Fsp3) is 0.118. The standard InChI is InChI=1S/C17H13N3O5S/c1-25-13-7-10(6-12(16(13)21)20(23)24)9-18-19-17(22)15-8-11-4-2-3-5-14(11)26-15/h2-8,21H,9H2,1H3/b19-18+. The van der Waals surface area contributed by atoms with E-state index in [9.17, 15) is 20.0 Å². The van der Waals surface area contributed by atoms with Gasteiger partial charge in [-0.2, -0.15) is 5.11 Å². The second-order valence-corrected chi connectivity index (χ2v) is 6.36. The summed E-state index contributed by atoms with van der Waals surface area (Å²) in [5.74, 6) is -1.08. The number of nitro benzene ring substituents is 1. The predicted octanol–water partition coefficient (Wildman–Crippen LogP) is 4.32. The van der Waals surface area contributed by atoms with Gasteiger partial charge in [-0.3, -0.25) is 14.9 Å². The Morgan fingerprint density at radius 2 is 2.08 bits per heavy atom. The average Bonchev–Trinajstić information content (AvgIpc) is 3.06. The van der Waals surface area contributed by atoms with Crippen LogP contribution in [0.5, 0.6) is 11.5 Å². The van der Waals surface area contributed by atoms with E-state index in [4.69, 9.17) is 4.74 Å². The van der Waals surface area contributed by atoms with Crippen molar-refractivity contribution < 1.29 is 19.6 Å². The van der Waals surface area contributed by atoms with Gasteiger partial charge in [0.2, 0.25) is 5.75 Å². The molecule has 0 spiro atoms. The molecule has 3 rings (SSSR count). The first-order valence-corrected chi connectivity index (χ1v) is 8.26. The van der Waals surface area contributed by atoms with Gasteiger partial charge in [0.15, 0.2) is 5.75 Å². The Bertz CT molecular complexity index is 995. The number of carbonyl (C=O) groups is 1. The van der Waals surface area contributed by atoms with E-state index < -0.39 is 22.3 Å². The van der Waals surface area contributed by atoms with Crippen LogP contribution < -0.4 is 4.74 Å². The molecule has 0 aliphatic carbocycles. The molecule has 0 radical (unpaired) electrons. The first-order valence-electron chi connectivity index (χ1n) is 7.44. The van der Waals surface area contributed by atoms with Gasteiger partial charge in [-0.1, -0.05) is 18.2 Å². The van der Waals surface area contributed by atoms with Gasteiger partial charge in [-0.15, -0.1) is 16.5 Å². The predicted molar refractivity (Wildman–Crippen MR) is 96.0 cm³/mol. The summed E-state index contributed by atoms with van der Waals surface area (Å²) >= 11 is 1.32. The summed E-state index contributed by atoms with van der Waals surface area (Å²) in [5, 5.41) is 29.1. The minimum absolute atomic E-state index is 0.0415. The van der Waals surface area contributed by atoms with Crippen molar-refractivity contribution in [2.75, 3.05) is 7.11 Å². The zero-order chi connectivity index (χ0) is 18.7. The quantitative estimate of drug-likeness (QED) is 0.407. The summed E-state index contributed by atoms with van der Waals surface area (Å²) < 4.78 is 5.89. The van der Waals surface area contributed by atoms with Crippen molar-refractivity contribution in [3.63, 3.8) is 0 Å². The smallest absolute Gasteiger partial charge is 0.315 e. The Hall–Kier alpha value is -3.33. The lowest BCUT2D eigenvalue weighted by atomic mass is 10.1. The number of methoxy groups -OCH3 is 1. The van der Waals surface area contributed by atoms with Crippen LogP contribution in [0.15, 0.2) is 52.7 Å². The molecule has 1 amide bonds. The van der Waals surface area contributed by atoms with Crippen molar-refractivity contribution in [1.29, 1.82) is 0 Å². The molecule has 0 bridgehead atoms. The van der Waals surface area contributed by atoms with Gasteiger partial charge in [-0.25, -0.2) is 0 Å². The number of rotatable bonds is 5. The van der Waals surface area contributed by atoms with E-state index >= 15 is 0 Å². The van der Waals surface area contributed by atoms with E-state index in [0.29, 0.717) is 10.4 Å². The first-order chi connectivity index (χ1) is 12.5. The number of benzene rings is 2. The van der Waals surface area contributed by atoms with Crippen LogP contribution in [0.3, 0.4) is 0 Å². The molecule has 0 aliphatic rings. The number of hydrogen-bond donors (Lipinski definition) is 1. The Balaban J connectivity index is 1.78. The van der Waals surface area contributed by atoms with Gasteiger partial charge in [-0.05, 0) is 29.1 Å². The number of phenolic OH excluding ortho intramolecular Hbond substituents is 1. The third-order valence-electron chi connectivity index (χ3n) is 3.58. The van der Waals surface area contributed by atoms with Crippen molar-refractivity contribution >= 4 is 33.0 Å². The zero-order valence-electron chi connectivity index (χ0n) is 13.6. The molecule has 1 aromatic heterocycles. The summed E-state index contributed by atoms with van der Waals surface area (Å²) in [6.07, 6.45) is 0. The highest BCUT2D eigenvalue weighted by Gasteiger charge is 2.19. The third-order valence-corrected chi connectivity index (χ3v) is 4.69. The molecule has 2 aromatic carbocycles. The number of carbonyl (C=O) groups excluding carboxylic acids is 1. The highest BCUT2D eigenvalue weighted by molar-refractivity contribution is 7.20. The molecule has 0 saturated carbocycles. The van der Waals surface area contributed by atoms with E-state index in [-0.39, 0.29) is 12.3 Å². The van der Waals surface area contributed by atoms with Crippen molar-refractivity contribution in [3.8, 4) is 11.5 Å². The molecule has 1 N–H and O–H groups in total. The number of azo groups is 1. The van der Waals surface area contributed by atoms with Crippen molar-refractivity contribution in [2.24, 2.45) is 10.2 Å². The van der Waals surface area contributed by atoms with Crippen LogP contribution in [0.2, 0.25) is 0 Å². The molecule has 9 heteroatoms. The van der Waals surface area contributed by atoms with Crippen molar-refractivity contribution in [1.82, 2.24) is 0 Å². The van der Waals surface area contributed by atoms with Gasteiger partial charge >= 0.3 is 11.6 Å². The Kier molecular flexibility index (Phi) is 4.90. The SMILES string of the molecule is COc1cc(C/N=N/C(=O)c2cc3ccccc3s2)cc([N+](=O)[O-])c1O. The fourth-order valence-electron chi connectivity index (χ4n) is 2.35. The summed E-state index contributed by atoms with van der Waals surface area (Å²) in [5.41, 5.74) is -0.107. The minimum Gasteiger partial charge on any atom is -0.500 e. The maximum Gasteiger partial charge on any atom is 0.315 e. The van der Waals surface area contributed by atoms with Crippen LogP contribution in [-0.2, 0) is 6.54 Å². The molecule has 132 valence electrons. The number of fused-ring (bicyclic) bond motifs is 1. The molecule has 1 heterocycles. The molecule has 0 aliphatic heterocycles. The summed E-state index contributed by atoms with van der Waals surface area (Å²) in [6, 6.07) is 11.9. The first kappa shape index (κ1) is 17.5. The molecule has 8 nitrogen and oxygen atoms in total. The van der Waals surface area contributed by atoms with E-state index in [2.05, 4.69) is 10.2 Å². The number of phenols is 1. The maximum absolute atomic E-state index is 12.1. The monoisotopic (exact) mass is 371 g/mol. The molecular weight excluding hydrogens is 358 g/mol. The molecular formula is C17H13N3O5S. The van der Waals surface area contributed by atoms with E-state index in [1.54, 1.807) is 6.07 Å². The van der Waals surface area contributed by atoms with E-state index in [1.165, 1.54) is 30.6 Å². The minimum atomic E-state index is -0.721. The van der Waals surface area contributed by atoms with Crippen LogP contribution in [0.25, 0.3) is 10.1 Å². The Labute approximate surface area is 151 Å². The zero-order valence-corrected chi connectivity index (χ0v) is 14.4. The molecule has 0 unspecified atom stereocenters. The Morgan fingerprint density at radius 3 is 2.77 bits per heavy atom. The normalized spacial score (nSPS) is 11.1. The second-order valence-electron chi connectivity index (χ2n) is 5.28. The van der Waals surface area contributed by atoms with E-state index in [0.717, 1.165) is 10.1 Å². The summed E-state index contributed by atoms with van der Waals surface area (Å²) in [6.45, 7) is -0.0614. The van der Waals surface area contributed by atoms with E-state index in [1.807, 2.05) is 24.3 Å². The van der Waals surface area contributed by atoms with Crippen LogP contribution in [0, 0.1) is 10.1 Å². The van der Waals surface area contributed by atoms with Crippen LogP contribution >= 0.6 is 11.3 Å². The second kappa shape index (κ2) is 7.28. The van der Waals surface area contributed by atoms with Gasteiger partial charge in [0.25, 0.3) is 0 Å². The fourth-order valence-corrected chi connectivity index (χ4v) is 3.29. The highest BCUT2D eigenvalue weighted by atomic mass is 32.1. The van der Waals surface area contributed by atoms with Gasteiger partial charge in [0, 0.05) is 10.8 Å². The molecule has 26 heavy (non-hydrogen) atoms. The average molecular weight is 371 g/mol. The summed E-state index contributed by atoms with van der Waals surface area (Å²) in [4.78, 5) is 22.9. The van der Waals surface area contributed by atoms with Crippen molar-refractivity contribution in [2.45, 2.75) is 6.54 Å². The lowest BCUT2D eigenvalue weighted by Gasteiger charge is -2.05. The van der Waals surface area contributed by atoms with Crippen molar-refractivity contribution in [3.05, 3.63) is 63.0 Å². The highest BCUT2D eigenvalue weighted by Crippen LogP contribution is 2.37. The number of nitrogens with zero attached hydrogens (tertiary/aromatic N) is 3. The van der Waals surface area contributed by atoms with Gasteiger partial charge in [0.1, 0.15) is 0 Å². The number of aromatic hydroxyl groups is 1. The molecule has 0 fully saturated rings. The maximum atomic E-state index is 12.1. The van der Waals surface area contributed by atoms with Gasteiger partial charge < -0.3 is 9.84 Å². The number of ether oxygens (including phenoxy) is 1. The largest absolute Gasteiger partial charge is 0.500 e. The number of amides is 1. The topological polar surface area (TPSA) is 114 Å². The molecule has 3 aromatic rings. The lowest BCUT2D eigenvalue weighted by molar-refractivity contribution is -0.386. The number of hydrogen-bond acceptors (Lipinski definition) is 7. The molecule has 0 atom stereocenters.